The van der Waals surface area contributed by atoms with Gasteiger partial charge in [-0.1, -0.05) is 23.2 Å². The zero-order chi connectivity index (χ0) is 17.8. The van der Waals surface area contributed by atoms with Gasteiger partial charge in [0.25, 0.3) is 0 Å². The Morgan fingerprint density at radius 2 is 1.84 bits per heavy atom. The van der Waals surface area contributed by atoms with Gasteiger partial charge in [0.2, 0.25) is 5.88 Å². The topological polar surface area (TPSA) is 67.6 Å². The van der Waals surface area contributed by atoms with Crippen molar-refractivity contribution in [3.05, 3.63) is 39.9 Å². The van der Waals surface area contributed by atoms with E-state index in [-0.39, 0.29) is 16.7 Å². The number of nitriles is 1. The standard InChI is InChI=1S/C17H15Cl2N3O3/c1-23-17-14(19)15(25-12-4-2-11(10-20)3-5-12)13(18)16(21-17)22-6-8-24-9-7-22/h2-5H,6-9H2,1H3. The molecule has 3 rings (SSSR count). The minimum Gasteiger partial charge on any atom is -0.480 e. The van der Waals surface area contributed by atoms with Gasteiger partial charge >= 0.3 is 0 Å². The number of anilines is 1. The van der Waals surface area contributed by atoms with Crippen molar-refractivity contribution >= 4 is 29.0 Å². The van der Waals surface area contributed by atoms with Crippen LogP contribution in [0, 0.1) is 11.3 Å². The van der Waals surface area contributed by atoms with Crippen molar-refractivity contribution in [3.63, 3.8) is 0 Å². The molecule has 2 aromatic rings. The van der Waals surface area contributed by atoms with Crippen LogP contribution in [0.4, 0.5) is 5.82 Å². The quantitative estimate of drug-likeness (QED) is 0.802. The molecule has 0 bridgehead atoms. The van der Waals surface area contributed by atoms with Crippen LogP contribution in [0.5, 0.6) is 17.4 Å². The molecule has 1 fully saturated rings. The highest BCUT2D eigenvalue weighted by molar-refractivity contribution is 6.39. The highest BCUT2D eigenvalue weighted by atomic mass is 35.5. The fourth-order valence-electron chi connectivity index (χ4n) is 2.41. The molecule has 25 heavy (non-hydrogen) atoms. The summed E-state index contributed by atoms with van der Waals surface area (Å²) < 4.78 is 16.5. The lowest BCUT2D eigenvalue weighted by atomic mass is 10.2. The van der Waals surface area contributed by atoms with E-state index in [2.05, 4.69) is 11.1 Å². The van der Waals surface area contributed by atoms with E-state index in [0.717, 1.165) is 0 Å². The number of aromatic nitrogens is 1. The van der Waals surface area contributed by atoms with Crippen molar-refractivity contribution in [2.45, 2.75) is 0 Å². The Morgan fingerprint density at radius 3 is 2.44 bits per heavy atom. The maximum Gasteiger partial charge on any atom is 0.238 e. The van der Waals surface area contributed by atoms with Crippen LogP contribution < -0.4 is 14.4 Å². The van der Waals surface area contributed by atoms with Crippen LogP contribution in [0.25, 0.3) is 0 Å². The van der Waals surface area contributed by atoms with Crippen LogP contribution >= 0.6 is 23.2 Å². The molecule has 0 N–H and O–H groups in total. The lowest BCUT2D eigenvalue weighted by Gasteiger charge is -2.29. The average molecular weight is 380 g/mol. The van der Waals surface area contributed by atoms with E-state index in [1.807, 2.05) is 4.90 Å². The van der Waals surface area contributed by atoms with Crippen molar-refractivity contribution in [1.82, 2.24) is 4.98 Å². The fraction of sp³-hybridized carbons (Fsp3) is 0.294. The van der Waals surface area contributed by atoms with Crippen LogP contribution in [0.3, 0.4) is 0 Å². The third-order valence-electron chi connectivity index (χ3n) is 3.70. The van der Waals surface area contributed by atoms with Crippen LogP contribution in [-0.2, 0) is 4.74 Å². The first-order chi connectivity index (χ1) is 12.1. The van der Waals surface area contributed by atoms with Crippen molar-refractivity contribution in [2.75, 3.05) is 38.3 Å². The second-order valence-electron chi connectivity index (χ2n) is 5.24. The van der Waals surface area contributed by atoms with Gasteiger partial charge in [0.1, 0.15) is 15.8 Å². The average Bonchev–Trinajstić information content (AvgIpc) is 2.66. The van der Waals surface area contributed by atoms with E-state index in [1.165, 1.54) is 7.11 Å². The molecule has 0 aliphatic carbocycles. The van der Waals surface area contributed by atoms with Gasteiger partial charge in [-0.25, -0.2) is 0 Å². The van der Waals surface area contributed by atoms with Crippen LogP contribution in [-0.4, -0.2) is 38.4 Å². The SMILES string of the molecule is COc1nc(N2CCOCC2)c(Cl)c(Oc2ccc(C#N)cc2)c1Cl. The van der Waals surface area contributed by atoms with E-state index < -0.39 is 0 Å². The first-order valence-electron chi connectivity index (χ1n) is 7.57. The van der Waals surface area contributed by atoms with Crippen LogP contribution in [0.1, 0.15) is 5.56 Å². The number of ether oxygens (including phenoxy) is 3. The summed E-state index contributed by atoms with van der Waals surface area (Å²) in [5, 5.41) is 9.37. The Labute approximate surface area is 155 Å². The summed E-state index contributed by atoms with van der Waals surface area (Å²) in [5.41, 5.74) is 0.533. The van der Waals surface area contributed by atoms with Gasteiger partial charge in [0.05, 0.1) is 32.0 Å². The Kier molecular flexibility index (Phi) is 5.49. The fourth-order valence-corrected chi connectivity index (χ4v) is 3.01. The zero-order valence-corrected chi connectivity index (χ0v) is 15.0. The van der Waals surface area contributed by atoms with Crippen LogP contribution in [0.2, 0.25) is 10.0 Å². The summed E-state index contributed by atoms with van der Waals surface area (Å²) in [7, 11) is 1.48. The molecule has 6 nitrogen and oxygen atoms in total. The van der Waals surface area contributed by atoms with Gasteiger partial charge < -0.3 is 19.1 Å². The number of hydrogen-bond acceptors (Lipinski definition) is 6. The molecule has 0 spiro atoms. The zero-order valence-electron chi connectivity index (χ0n) is 13.5. The lowest BCUT2D eigenvalue weighted by molar-refractivity contribution is 0.122. The third-order valence-corrected chi connectivity index (χ3v) is 4.37. The van der Waals surface area contributed by atoms with Crippen molar-refractivity contribution < 1.29 is 14.2 Å². The van der Waals surface area contributed by atoms with Gasteiger partial charge in [-0.2, -0.15) is 10.2 Å². The van der Waals surface area contributed by atoms with Gasteiger partial charge in [0.15, 0.2) is 11.6 Å². The normalized spacial score (nSPS) is 14.1. The molecular weight excluding hydrogens is 365 g/mol. The first-order valence-corrected chi connectivity index (χ1v) is 8.33. The van der Waals surface area contributed by atoms with E-state index in [9.17, 15) is 0 Å². The number of pyridine rings is 1. The lowest BCUT2D eigenvalue weighted by Crippen LogP contribution is -2.37. The summed E-state index contributed by atoms with van der Waals surface area (Å²) in [6.45, 7) is 2.51. The minimum atomic E-state index is 0.189. The maximum absolute atomic E-state index is 8.88. The van der Waals surface area contributed by atoms with Crippen molar-refractivity contribution in [2.24, 2.45) is 0 Å². The molecule has 0 amide bonds. The van der Waals surface area contributed by atoms with Crippen molar-refractivity contribution in [1.29, 1.82) is 5.26 Å². The number of nitrogens with zero attached hydrogens (tertiary/aromatic N) is 3. The first kappa shape index (κ1) is 17.6. The molecule has 1 aliphatic rings. The molecule has 1 aromatic heterocycles. The van der Waals surface area contributed by atoms with Crippen LogP contribution in [0.15, 0.2) is 24.3 Å². The number of methoxy groups -OCH3 is 1. The largest absolute Gasteiger partial charge is 0.480 e. The minimum absolute atomic E-state index is 0.189. The Morgan fingerprint density at radius 1 is 1.16 bits per heavy atom. The van der Waals surface area contributed by atoms with E-state index in [4.69, 9.17) is 42.7 Å². The molecule has 130 valence electrons. The predicted molar refractivity (Wildman–Crippen MR) is 95.1 cm³/mol. The predicted octanol–water partition coefficient (Wildman–Crippen LogP) is 3.90. The highest BCUT2D eigenvalue weighted by Crippen LogP contribution is 2.45. The maximum atomic E-state index is 8.88. The van der Waals surface area contributed by atoms with Gasteiger partial charge in [0, 0.05) is 13.1 Å². The third kappa shape index (κ3) is 3.74. The molecule has 2 heterocycles. The summed E-state index contributed by atoms with van der Waals surface area (Å²) in [6.07, 6.45) is 0. The molecule has 8 heteroatoms. The highest BCUT2D eigenvalue weighted by Gasteiger charge is 2.25. The second kappa shape index (κ2) is 7.79. The summed E-state index contributed by atoms with van der Waals surface area (Å²) in [6, 6.07) is 8.70. The van der Waals surface area contributed by atoms with E-state index >= 15 is 0 Å². The number of benzene rings is 1. The number of hydrogen-bond donors (Lipinski definition) is 0. The van der Waals surface area contributed by atoms with Gasteiger partial charge in [-0.05, 0) is 24.3 Å². The second-order valence-corrected chi connectivity index (χ2v) is 6.00. The van der Waals surface area contributed by atoms with Gasteiger partial charge in [-0.3, -0.25) is 0 Å². The number of rotatable bonds is 4. The molecule has 1 aromatic carbocycles. The van der Waals surface area contributed by atoms with Gasteiger partial charge in [-0.15, -0.1) is 0 Å². The summed E-state index contributed by atoms with van der Waals surface area (Å²) >= 11 is 12.9. The molecule has 0 saturated carbocycles. The number of morpholine rings is 1. The van der Waals surface area contributed by atoms with E-state index in [0.29, 0.717) is 48.5 Å². The Balaban J connectivity index is 1.99. The molecular formula is C17H15Cl2N3O3. The summed E-state index contributed by atoms with van der Waals surface area (Å²) in [4.78, 5) is 6.40. The molecule has 0 unspecified atom stereocenters. The smallest absolute Gasteiger partial charge is 0.238 e. The van der Waals surface area contributed by atoms with Crippen molar-refractivity contribution in [3.8, 4) is 23.4 Å². The Hall–Kier alpha value is -2.20. The number of halogens is 2. The molecule has 0 radical (unpaired) electrons. The Bertz CT molecular complexity index is 800. The summed E-state index contributed by atoms with van der Waals surface area (Å²) in [5.74, 6) is 1.54. The van der Waals surface area contributed by atoms with E-state index in [1.54, 1.807) is 24.3 Å². The molecule has 1 aliphatic heterocycles. The monoisotopic (exact) mass is 379 g/mol. The molecule has 1 saturated heterocycles. The molecule has 0 atom stereocenters.